The van der Waals surface area contributed by atoms with Crippen molar-refractivity contribution in [1.29, 1.82) is 0 Å². The maximum absolute atomic E-state index is 12.3. The number of H-pyrrole nitrogens is 1. The second-order valence-electron chi connectivity index (χ2n) is 5.75. The van der Waals surface area contributed by atoms with Crippen LogP contribution in [0.5, 0.6) is 0 Å². The Hall–Kier alpha value is -3.15. The summed E-state index contributed by atoms with van der Waals surface area (Å²) in [6.07, 6.45) is 1.60. The van der Waals surface area contributed by atoms with Gasteiger partial charge in [0.25, 0.3) is 5.91 Å². The molecule has 2 N–H and O–H groups in total. The van der Waals surface area contributed by atoms with Crippen LogP contribution in [-0.2, 0) is 9.53 Å². The minimum Gasteiger partial charge on any atom is -0.461 e. The third kappa shape index (κ3) is 2.87. The number of ketones is 1. The molecule has 1 aliphatic heterocycles. The molecule has 0 unspecified atom stereocenters. The number of rotatable bonds is 4. The number of ether oxygens (including phenoxy) is 1. The molecule has 1 aliphatic rings. The minimum absolute atomic E-state index is 0.192. The highest BCUT2D eigenvalue weighted by atomic mass is 16.5. The van der Waals surface area contributed by atoms with Gasteiger partial charge < -0.3 is 15.0 Å². The Balaban J connectivity index is 2.15. The maximum Gasteiger partial charge on any atom is 0.355 e. The molecule has 0 saturated heterocycles. The number of amides is 1. The summed E-state index contributed by atoms with van der Waals surface area (Å²) in [6.45, 7) is 5.06. The van der Waals surface area contributed by atoms with E-state index in [4.69, 9.17) is 4.74 Å². The van der Waals surface area contributed by atoms with Crippen molar-refractivity contribution in [2.75, 3.05) is 11.9 Å². The highest BCUT2D eigenvalue weighted by Gasteiger charge is 2.26. The molecule has 1 amide bonds. The number of benzene rings is 1. The molecule has 2 heterocycles. The van der Waals surface area contributed by atoms with Gasteiger partial charge in [0.15, 0.2) is 5.78 Å². The van der Waals surface area contributed by atoms with E-state index in [1.54, 1.807) is 19.9 Å². The zero-order chi connectivity index (χ0) is 18.1. The summed E-state index contributed by atoms with van der Waals surface area (Å²) in [7, 11) is 0. The van der Waals surface area contributed by atoms with Gasteiger partial charge in [0.1, 0.15) is 5.69 Å². The van der Waals surface area contributed by atoms with Crippen LogP contribution in [0.1, 0.15) is 51.5 Å². The smallest absolute Gasteiger partial charge is 0.355 e. The van der Waals surface area contributed by atoms with Crippen LogP contribution in [0.25, 0.3) is 11.6 Å². The average Bonchev–Trinajstić information content (AvgIpc) is 3.05. The van der Waals surface area contributed by atoms with Crippen molar-refractivity contribution < 1.29 is 19.1 Å². The van der Waals surface area contributed by atoms with E-state index < -0.39 is 5.97 Å². The van der Waals surface area contributed by atoms with E-state index in [0.717, 1.165) is 11.3 Å². The van der Waals surface area contributed by atoms with Crippen molar-refractivity contribution in [3.05, 3.63) is 52.3 Å². The van der Waals surface area contributed by atoms with Crippen molar-refractivity contribution >= 4 is 35.0 Å². The first kappa shape index (κ1) is 16.7. The lowest BCUT2D eigenvalue weighted by molar-refractivity contribution is -0.110. The van der Waals surface area contributed by atoms with E-state index in [2.05, 4.69) is 10.3 Å². The molecule has 1 aromatic carbocycles. The summed E-state index contributed by atoms with van der Waals surface area (Å²) in [5.74, 6) is -0.966. The third-order valence-corrected chi connectivity index (χ3v) is 4.11. The summed E-state index contributed by atoms with van der Waals surface area (Å²) in [6, 6.07) is 7.31. The molecular formula is C19H18N2O4. The number of anilines is 1. The van der Waals surface area contributed by atoms with Crippen LogP contribution in [0.3, 0.4) is 0 Å². The first-order valence-corrected chi connectivity index (χ1v) is 7.97. The minimum atomic E-state index is -0.525. The molecule has 25 heavy (non-hydrogen) atoms. The van der Waals surface area contributed by atoms with Crippen molar-refractivity contribution in [2.45, 2.75) is 20.8 Å². The van der Waals surface area contributed by atoms with Gasteiger partial charge in [-0.15, -0.1) is 0 Å². The van der Waals surface area contributed by atoms with Gasteiger partial charge in [-0.3, -0.25) is 9.59 Å². The molecule has 0 saturated carbocycles. The predicted octanol–water partition coefficient (Wildman–Crippen LogP) is 3.20. The van der Waals surface area contributed by atoms with Crippen molar-refractivity contribution in [3.8, 4) is 0 Å². The number of aromatic amines is 1. The Kier molecular flexibility index (Phi) is 4.27. The normalized spacial score (nSPS) is 14.4. The lowest BCUT2D eigenvalue weighted by Gasteiger charge is -2.00. The largest absolute Gasteiger partial charge is 0.461 e. The molecular weight excluding hydrogens is 320 g/mol. The van der Waals surface area contributed by atoms with Gasteiger partial charge in [0.2, 0.25) is 0 Å². The molecule has 128 valence electrons. The zero-order valence-corrected chi connectivity index (χ0v) is 14.2. The lowest BCUT2D eigenvalue weighted by atomic mass is 10.0. The number of para-hydroxylation sites is 1. The molecule has 0 radical (unpaired) electrons. The molecule has 1 aromatic heterocycles. The SMILES string of the molecule is CCOC(=O)c1[nH]c(C=C2C(=O)Nc3ccccc32)c(C(C)=O)c1C. The fourth-order valence-corrected chi connectivity index (χ4v) is 3.01. The number of hydrogen-bond donors (Lipinski definition) is 2. The summed E-state index contributed by atoms with van der Waals surface area (Å²) in [5, 5.41) is 2.78. The number of esters is 1. The second-order valence-corrected chi connectivity index (χ2v) is 5.75. The van der Waals surface area contributed by atoms with Crippen LogP contribution in [-0.4, -0.2) is 29.3 Å². The summed E-state index contributed by atoms with van der Waals surface area (Å²) in [4.78, 5) is 39.4. The van der Waals surface area contributed by atoms with Crippen molar-refractivity contribution in [3.63, 3.8) is 0 Å². The van der Waals surface area contributed by atoms with Crippen LogP contribution in [0.15, 0.2) is 24.3 Å². The first-order chi connectivity index (χ1) is 11.9. The number of Topliss-reactive ketones (excluding diaryl/α,β-unsaturated/α-hetero) is 1. The quantitative estimate of drug-likeness (QED) is 0.509. The van der Waals surface area contributed by atoms with Gasteiger partial charge >= 0.3 is 5.97 Å². The van der Waals surface area contributed by atoms with Crippen LogP contribution < -0.4 is 5.32 Å². The van der Waals surface area contributed by atoms with E-state index in [0.29, 0.717) is 22.4 Å². The molecule has 2 aromatic rings. The Labute approximate surface area is 144 Å². The molecule has 0 atom stereocenters. The standard InChI is InChI=1S/C19H18N2O4/c1-4-25-19(24)17-10(2)16(11(3)22)15(20-17)9-13-12-7-5-6-8-14(12)21-18(13)23/h5-9,20H,4H2,1-3H3,(H,21,23). The summed E-state index contributed by atoms with van der Waals surface area (Å²) < 4.78 is 5.02. The fraction of sp³-hybridized carbons (Fsp3) is 0.211. The van der Waals surface area contributed by atoms with E-state index >= 15 is 0 Å². The van der Waals surface area contributed by atoms with Crippen molar-refractivity contribution in [1.82, 2.24) is 4.98 Å². The molecule has 0 fully saturated rings. The van der Waals surface area contributed by atoms with Crippen molar-refractivity contribution in [2.24, 2.45) is 0 Å². The van der Waals surface area contributed by atoms with Gasteiger partial charge in [0.05, 0.1) is 17.9 Å². The van der Waals surface area contributed by atoms with Crippen LogP contribution in [0, 0.1) is 6.92 Å². The highest BCUT2D eigenvalue weighted by molar-refractivity contribution is 6.35. The molecule has 0 aliphatic carbocycles. The zero-order valence-electron chi connectivity index (χ0n) is 14.2. The Morgan fingerprint density at radius 3 is 2.64 bits per heavy atom. The number of carbonyl (C=O) groups excluding carboxylic acids is 3. The number of hydrogen-bond acceptors (Lipinski definition) is 4. The Bertz CT molecular complexity index is 922. The van der Waals surface area contributed by atoms with Crippen LogP contribution in [0.4, 0.5) is 5.69 Å². The number of carbonyl (C=O) groups is 3. The molecule has 0 spiro atoms. The lowest BCUT2D eigenvalue weighted by Crippen LogP contribution is -2.07. The molecule has 6 nitrogen and oxygen atoms in total. The third-order valence-electron chi connectivity index (χ3n) is 4.11. The van der Waals surface area contributed by atoms with Gasteiger partial charge in [-0.25, -0.2) is 4.79 Å². The summed E-state index contributed by atoms with van der Waals surface area (Å²) in [5.41, 5.74) is 3.47. The van der Waals surface area contributed by atoms with E-state index in [1.807, 2.05) is 24.3 Å². The highest BCUT2D eigenvalue weighted by Crippen LogP contribution is 2.33. The number of aromatic nitrogens is 1. The van der Waals surface area contributed by atoms with Gasteiger partial charge in [-0.05, 0) is 38.5 Å². The topological polar surface area (TPSA) is 88.3 Å². The Morgan fingerprint density at radius 1 is 1.24 bits per heavy atom. The average molecular weight is 338 g/mol. The number of nitrogens with one attached hydrogen (secondary N) is 2. The van der Waals surface area contributed by atoms with E-state index in [1.165, 1.54) is 6.92 Å². The van der Waals surface area contributed by atoms with E-state index in [-0.39, 0.29) is 24.0 Å². The fourth-order valence-electron chi connectivity index (χ4n) is 3.01. The maximum atomic E-state index is 12.3. The Morgan fingerprint density at radius 2 is 1.96 bits per heavy atom. The molecule has 3 rings (SSSR count). The van der Waals surface area contributed by atoms with Gasteiger partial charge in [0, 0.05) is 16.8 Å². The van der Waals surface area contributed by atoms with E-state index in [9.17, 15) is 14.4 Å². The number of fused-ring (bicyclic) bond motifs is 1. The van der Waals surface area contributed by atoms with Gasteiger partial charge in [-0.1, -0.05) is 18.2 Å². The monoisotopic (exact) mass is 338 g/mol. The summed E-state index contributed by atoms with van der Waals surface area (Å²) >= 11 is 0. The van der Waals surface area contributed by atoms with Gasteiger partial charge in [-0.2, -0.15) is 0 Å². The predicted molar refractivity (Wildman–Crippen MR) is 94.4 cm³/mol. The second kappa shape index (κ2) is 6.39. The molecule has 6 heteroatoms. The van der Waals surface area contributed by atoms with Crippen LogP contribution in [0.2, 0.25) is 0 Å². The first-order valence-electron chi connectivity index (χ1n) is 7.97. The molecule has 0 bridgehead atoms. The van der Waals surface area contributed by atoms with Crippen LogP contribution >= 0.6 is 0 Å².